The number of methoxy groups -OCH3 is 1. The molecule has 2 aromatic rings. The van der Waals surface area contributed by atoms with Gasteiger partial charge in [-0.05, 0) is 106 Å². The Balaban J connectivity index is 1.30. The molecule has 3 aliphatic carbocycles. The van der Waals surface area contributed by atoms with Crippen molar-refractivity contribution in [1.29, 1.82) is 0 Å². The van der Waals surface area contributed by atoms with Crippen molar-refractivity contribution in [2.45, 2.75) is 100 Å². The second kappa shape index (κ2) is 8.82. The Labute approximate surface area is 222 Å². The molecule has 3 atom stereocenters. The van der Waals surface area contributed by atoms with Gasteiger partial charge in [0.25, 0.3) is 0 Å². The first-order valence-electron chi connectivity index (χ1n) is 14.8. The van der Waals surface area contributed by atoms with Crippen molar-refractivity contribution in [2.75, 3.05) is 33.3 Å². The summed E-state index contributed by atoms with van der Waals surface area (Å²) in [7, 11) is 1.77. The average molecular weight is 505 g/mol. The molecular formula is C31H44N4O2. The zero-order valence-electron chi connectivity index (χ0n) is 22.8. The van der Waals surface area contributed by atoms with E-state index in [1.54, 1.807) is 7.11 Å². The highest BCUT2D eigenvalue weighted by Gasteiger charge is 2.66. The zero-order valence-corrected chi connectivity index (χ0v) is 22.8. The Morgan fingerprint density at radius 1 is 1.08 bits per heavy atom. The largest absolute Gasteiger partial charge is 0.497 e. The summed E-state index contributed by atoms with van der Waals surface area (Å²) in [6, 6.07) is 6.94. The van der Waals surface area contributed by atoms with E-state index in [9.17, 15) is 5.11 Å². The van der Waals surface area contributed by atoms with Crippen molar-refractivity contribution in [3.05, 3.63) is 47.3 Å². The molecule has 1 aromatic heterocycles. The molecule has 6 heteroatoms. The smallest absolute Gasteiger partial charge is 0.119 e. The topological polar surface area (TPSA) is 53.8 Å². The van der Waals surface area contributed by atoms with E-state index in [0.717, 1.165) is 63.5 Å². The molecule has 37 heavy (non-hydrogen) atoms. The number of fused-ring (bicyclic) bond motifs is 1. The van der Waals surface area contributed by atoms with Gasteiger partial charge in [-0.25, -0.2) is 0 Å². The minimum atomic E-state index is -0.707. The Morgan fingerprint density at radius 2 is 1.89 bits per heavy atom. The van der Waals surface area contributed by atoms with Crippen LogP contribution in [0.2, 0.25) is 0 Å². The lowest BCUT2D eigenvalue weighted by Crippen LogP contribution is -2.72. The average Bonchev–Trinajstić information content (AvgIpc) is 3.45. The summed E-state index contributed by atoms with van der Waals surface area (Å²) < 4.78 is 7.84. The highest BCUT2D eigenvalue weighted by molar-refractivity contribution is 5.48. The number of hydrogen-bond donors (Lipinski definition) is 1. The summed E-state index contributed by atoms with van der Waals surface area (Å²) in [4.78, 5) is 5.51. The van der Waals surface area contributed by atoms with Crippen LogP contribution in [0.3, 0.4) is 0 Å². The molecule has 7 rings (SSSR count). The summed E-state index contributed by atoms with van der Waals surface area (Å²) in [5.41, 5.74) is 3.23. The second-order valence-electron chi connectivity index (χ2n) is 13.1. The summed E-state index contributed by atoms with van der Waals surface area (Å²) in [6.07, 6.45) is 15.8. The molecule has 1 N–H and O–H groups in total. The van der Waals surface area contributed by atoms with E-state index in [4.69, 9.17) is 4.74 Å². The quantitative estimate of drug-likeness (QED) is 0.635. The van der Waals surface area contributed by atoms with Gasteiger partial charge in [-0.2, -0.15) is 5.10 Å². The van der Waals surface area contributed by atoms with Gasteiger partial charge < -0.3 is 9.84 Å². The summed E-state index contributed by atoms with van der Waals surface area (Å²) >= 11 is 0. The molecule has 6 nitrogen and oxygen atoms in total. The highest BCUT2D eigenvalue weighted by atomic mass is 16.5. The first-order valence-corrected chi connectivity index (χ1v) is 14.8. The van der Waals surface area contributed by atoms with E-state index < -0.39 is 5.60 Å². The Morgan fingerprint density at radius 3 is 2.62 bits per heavy atom. The number of aromatic nitrogens is 2. The zero-order chi connectivity index (χ0) is 25.3. The van der Waals surface area contributed by atoms with Crippen LogP contribution in [-0.4, -0.2) is 75.2 Å². The molecule has 0 radical (unpaired) electrons. The lowest BCUT2D eigenvalue weighted by atomic mass is 9.51. The standard InChI is InChI=1S/C31H44N4O2/c1-23-19-32-35(20-23)16-15-34-14-12-30-11-13-33(21-24-5-6-24)28(17-25-7-8-26(37-2)18-27(25)30)31(30,36)22-29(34)9-3-4-10-29/h7-8,18-20,24,28,36H,3-6,9-17,21-22H2,1-2H3. The number of aryl methyl sites for hydroxylation is 1. The molecule has 5 aliphatic rings. The van der Waals surface area contributed by atoms with Gasteiger partial charge in [0.2, 0.25) is 0 Å². The van der Waals surface area contributed by atoms with E-state index in [-0.39, 0.29) is 17.0 Å². The first-order chi connectivity index (χ1) is 17.9. The molecule has 2 saturated heterocycles. The first kappa shape index (κ1) is 24.2. The molecule has 1 spiro atoms. The van der Waals surface area contributed by atoms with Gasteiger partial charge in [0.1, 0.15) is 5.75 Å². The molecular weight excluding hydrogens is 460 g/mol. The van der Waals surface area contributed by atoms with Crippen molar-refractivity contribution in [3.63, 3.8) is 0 Å². The Hall–Kier alpha value is -1.89. The maximum Gasteiger partial charge on any atom is 0.119 e. The number of nitrogens with zero attached hydrogens (tertiary/aromatic N) is 4. The van der Waals surface area contributed by atoms with Crippen molar-refractivity contribution in [3.8, 4) is 5.75 Å². The number of likely N-dealkylation sites (tertiary alicyclic amines) is 2. The number of aliphatic hydroxyl groups is 1. The lowest BCUT2D eigenvalue weighted by Gasteiger charge is -2.62. The number of hydrogen-bond acceptors (Lipinski definition) is 5. The van der Waals surface area contributed by atoms with Gasteiger partial charge in [0.15, 0.2) is 0 Å². The van der Waals surface area contributed by atoms with E-state index >= 15 is 0 Å². The van der Waals surface area contributed by atoms with Crippen molar-refractivity contribution >= 4 is 0 Å². The van der Waals surface area contributed by atoms with Gasteiger partial charge in [0, 0.05) is 36.3 Å². The molecule has 2 bridgehead atoms. The second-order valence-corrected chi connectivity index (χ2v) is 13.1. The predicted octanol–water partition coefficient (Wildman–Crippen LogP) is 4.32. The minimum absolute atomic E-state index is 0.0932. The van der Waals surface area contributed by atoms with Gasteiger partial charge >= 0.3 is 0 Å². The van der Waals surface area contributed by atoms with Crippen LogP contribution in [-0.2, 0) is 18.4 Å². The summed E-state index contributed by atoms with van der Waals surface area (Å²) in [5.74, 6) is 1.77. The van der Waals surface area contributed by atoms with Gasteiger partial charge in [0.05, 0.1) is 25.5 Å². The van der Waals surface area contributed by atoms with Gasteiger partial charge in [-0.1, -0.05) is 18.9 Å². The number of piperidine rings is 1. The maximum atomic E-state index is 13.3. The number of ether oxygens (including phenoxy) is 1. The van der Waals surface area contributed by atoms with Crippen molar-refractivity contribution < 1.29 is 9.84 Å². The summed E-state index contributed by atoms with van der Waals surface area (Å²) in [5, 5.41) is 17.8. The maximum absolute atomic E-state index is 13.3. The third-order valence-electron chi connectivity index (χ3n) is 11.1. The van der Waals surface area contributed by atoms with Crippen LogP contribution in [0.4, 0.5) is 0 Å². The predicted molar refractivity (Wildman–Crippen MR) is 145 cm³/mol. The van der Waals surface area contributed by atoms with Crippen LogP contribution >= 0.6 is 0 Å². The molecule has 1 aromatic carbocycles. The van der Waals surface area contributed by atoms with Crippen LogP contribution in [0, 0.1) is 12.8 Å². The van der Waals surface area contributed by atoms with Crippen molar-refractivity contribution in [1.82, 2.24) is 19.6 Å². The van der Waals surface area contributed by atoms with E-state index in [2.05, 4.69) is 50.9 Å². The molecule has 200 valence electrons. The third kappa shape index (κ3) is 3.81. The lowest BCUT2D eigenvalue weighted by molar-refractivity contribution is -0.160. The fraction of sp³-hybridized carbons (Fsp3) is 0.710. The Bertz CT molecular complexity index is 1150. The highest BCUT2D eigenvalue weighted by Crippen LogP contribution is 2.60. The van der Waals surface area contributed by atoms with Crippen LogP contribution in [0.15, 0.2) is 30.6 Å². The van der Waals surface area contributed by atoms with Crippen LogP contribution < -0.4 is 4.74 Å². The van der Waals surface area contributed by atoms with Crippen molar-refractivity contribution in [2.24, 2.45) is 5.92 Å². The molecule has 4 fully saturated rings. The number of benzene rings is 1. The Kier molecular flexibility index (Phi) is 5.76. The monoisotopic (exact) mass is 504 g/mol. The van der Waals surface area contributed by atoms with Crippen LogP contribution in [0.5, 0.6) is 5.75 Å². The van der Waals surface area contributed by atoms with E-state index in [0.29, 0.717) is 0 Å². The fourth-order valence-corrected chi connectivity index (χ4v) is 8.99. The van der Waals surface area contributed by atoms with Gasteiger partial charge in [-0.15, -0.1) is 0 Å². The minimum Gasteiger partial charge on any atom is -0.497 e. The normalized spacial score (nSPS) is 33.2. The third-order valence-corrected chi connectivity index (χ3v) is 11.1. The molecule has 3 heterocycles. The number of rotatable bonds is 6. The fourth-order valence-electron chi connectivity index (χ4n) is 8.99. The summed E-state index contributed by atoms with van der Waals surface area (Å²) in [6.45, 7) is 7.38. The van der Waals surface area contributed by atoms with Crippen LogP contribution in [0.1, 0.15) is 74.5 Å². The molecule has 3 unspecified atom stereocenters. The van der Waals surface area contributed by atoms with Gasteiger partial charge in [-0.3, -0.25) is 14.5 Å². The van der Waals surface area contributed by atoms with E-state index in [1.807, 2.05) is 6.20 Å². The van der Waals surface area contributed by atoms with E-state index in [1.165, 1.54) is 61.8 Å². The SMILES string of the molecule is COc1ccc2c(c1)C13CCN(CC4CC4)C(C2)C1(O)CC1(CCCC1)N(CCn1cc(C)cn1)CC3. The molecule has 2 saturated carbocycles. The van der Waals surface area contributed by atoms with Crippen LogP contribution in [0.25, 0.3) is 0 Å². The molecule has 2 aliphatic heterocycles. The molecule has 0 amide bonds.